The average Bonchev–Trinajstić information content (AvgIpc) is 3.51. The highest BCUT2D eigenvalue weighted by Gasteiger charge is 2.29. The molecule has 0 fully saturated rings. The number of guanidine groups is 1. The molecule has 0 saturated carbocycles. The number of halogens is 4. The number of aliphatic imine (C=N–C) groups is 1. The minimum absolute atomic E-state index is 0.0360. The van der Waals surface area contributed by atoms with Crippen molar-refractivity contribution in [3.05, 3.63) is 84.8 Å². The van der Waals surface area contributed by atoms with Crippen molar-refractivity contribution >= 4 is 102 Å². The Kier molecular flexibility index (Phi) is 15.1. The first-order valence-electron chi connectivity index (χ1n) is 16.2. The number of rotatable bonds is 17. The fraction of sp³-hybridized carbons (Fsp3) is 0.389. The molecule has 0 radical (unpaired) electrons. The molecule has 1 heterocycles. The van der Waals surface area contributed by atoms with E-state index in [1.165, 1.54) is 0 Å². The Balaban J connectivity index is 1.35. The van der Waals surface area contributed by atoms with E-state index >= 15 is 0 Å². The topological polar surface area (TPSA) is 169 Å². The summed E-state index contributed by atoms with van der Waals surface area (Å²) >= 11 is 8.94. The largest absolute Gasteiger partial charge is 0.492 e. The molecular weight excluding hydrogens is 1120 g/mol. The van der Waals surface area contributed by atoms with Gasteiger partial charge in [0.05, 0.1) is 63.5 Å². The normalized spacial score (nSPS) is 11.7. The fourth-order valence-electron chi connectivity index (χ4n) is 5.23. The molecule has 0 saturated heterocycles. The van der Waals surface area contributed by atoms with Gasteiger partial charge in [0.15, 0.2) is 5.96 Å². The summed E-state index contributed by atoms with van der Waals surface area (Å²) in [7, 11) is 0. The van der Waals surface area contributed by atoms with Crippen LogP contribution in [0.5, 0.6) is 23.0 Å². The van der Waals surface area contributed by atoms with Gasteiger partial charge in [-0.3, -0.25) is 4.79 Å². The van der Waals surface area contributed by atoms with Gasteiger partial charge in [0, 0.05) is 6.42 Å². The van der Waals surface area contributed by atoms with Gasteiger partial charge in [-0.2, -0.15) is 0 Å². The highest BCUT2D eigenvalue weighted by Crippen LogP contribution is 2.37. The lowest BCUT2D eigenvalue weighted by molar-refractivity contribution is -0.136. The number of aryl methyl sites for hydroxylation is 2. The van der Waals surface area contributed by atoms with E-state index in [0.717, 1.165) is 53.7 Å². The van der Waals surface area contributed by atoms with Gasteiger partial charge in [-0.25, -0.2) is 9.67 Å². The van der Waals surface area contributed by atoms with Gasteiger partial charge in [-0.15, -0.1) is 5.10 Å². The van der Waals surface area contributed by atoms with Crippen molar-refractivity contribution in [3.63, 3.8) is 0 Å². The van der Waals surface area contributed by atoms with E-state index < -0.39 is 17.1 Å². The maximum Gasteiger partial charge on any atom is 0.307 e. The molecule has 0 aliphatic heterocycles. The summed E-state index contributed by atoms with van der Waals surface area (Å²) in [4.78, 5) is 15.3. The minimum Gasteiger partial charge on any atom is -0.492 e. The van der Waals surface area contributed by atoms with Gasteiger partial charge in [0.1, 0.15) is 29.6 Å². The van der Waals surface area contributed by atoms with Crippen LogP contribution in [0.15, 0.2) is 47.6 Å². The summed E-state index contributed by atoms with van der Waals surface area (Å²) in [6.07, 6.45) is 2.35. The second-order valence-electron chi connectivity index (χ2n) is 13.5. The molecule has 4 rings (SSSR count). The third-order valence-corrected chi connectivity index (χ3v) is 11.1. The van der Waals surface area contributed by atoms with Crippen LogP contribution in [0.25, 0.3) is 0 Å². The SMILES string of the molecule is Cc1cc(CN=C(N)N)cc(I)c1OCCC(C)(C)OCC(C)(C)n1nncc1COc1c(I)cc(Oc2c(C)cc(CC(=O)O)cc2I)cc1I. The smallest absolute Gasteiger partial charge is 0.307 e. The van der Waals surface area contributed by atoms with Gasteiger partial charge in [0.2, 0.25) is 0 Å². The van der Waals surface area contributed by atoms with E-state index in [9.17, 15) is 9.90 Å². The van der Waals surface area contributed by atoms with E-state index in [1.54, 1.807) is 6.20 Å². The Morgan fingerprint density at radius 2 is 1.46 bits per heavy atom. The second kappa shape index (κ2) is 18.4. The Hall–Kier alpha value is -2.18. The molecule has 0 bridgehead atoms. The standard InChI is InChI=1S/C36H42I4N6O6/c1-20-10-23(16-43-34(41)42)12-26(37)31(20)49-8-7-36(5,6)51-19-35(3,4)46-24(17-44-45-46)18-50-33-28(39)14-25(15-29(33)40)52-32-21(2)9-22(11-27(32)38)13-30(47)48/h9-12,14-15,17H,7-8,13,16,18-19H2,1-6H3,(H,47,48)(H4,41,42,43). The summed E-state index contributed by atoms with van der Waals surface area (Å²) in [5, 5.41) is 17.8. The Morgan fingerprint density at radius 1 is 0.865 bits per heavy atom. The van der Waals surface area contributed by atoms with Gasteiger partial charge >= 0.3 is 5.97 Å². The summed E-state index contributed by atoms with van der Waals surface area (Å²) in [6.45, 7) is 13.7. The predicted octanol–water partition coefficient (Wildman–Crippen LogP) is 8.08. The van der Waals surface area contributed by atoms with Gasteiger partial charge in [-0.1, -0.05) is 17.3 Å². The summed E-state index contributed by atoms with van der Waals surface area (Å²) in [5.74, 6) is 2.13. The highest BCUT2D eigenvalue weighted by molar-refractivity contribution is 14.1. The third-order valence-electron chi connectivity index (χ3n) is 7.89. The minimum atomic E-state index is -0.868. The Bertz CT molecular complexity index is 1870. The number of carbonyl (C=O) groups is 1. The molecule has 0 spiro atoms. The van der Waals surface area contributed by atoms with Gasteiger partial charge in [0.25, 0.3) is 0 Å². The second-order valence-corrected chi connectivity index (χ2v) is 18.1. The molecule has 5 N–H and O–H groups in total. The third kappa shape index (κ3) is 11.9. The number of ether oxygens (including phenoxy) is 4. The summed E-state index contributed by atoms with van der Waals surface area (Å²) in [5.41, 5.74) is 14.4. The molecule has 16 heteroatoms. The molecule has 3 aromatic carbocycles. The van der Waals surface area contributed by atoms with Gasteiger partial charge < -0.3 is 35.5 Å². The Morgan fingerprint density at radius 3 is 2.08 bits per heavy atom. The Labute approximate surface area is 358 Å². The van der Waals surface area contributed by atoms with Gasteiger partial charge in [-0.05, 0) is 178 Å². The van der Waals surface area contributed by atoms with Crippen LogP contribution in [0.4, 0.5) is 0 Å². The molecule has 4 aromatic rings. The number of aliphatic carboxylic acids is 1. The van der Waals surface area contributed by atoms with Crippen molar-refractivity contribution in [1.82, 2.24) is 15.0 Å². The number of nitrogens with zero attached hydrogens (tertiary/aromatic N) is 4. The van der Waals surface area contributed by atoms with Crippen molar-refractivity contribution in [2.24, 2.45) is 16.5 Å². The van der Waals surface area contributed by atoms with E-state index in [4.69, 9.17) is 30.4 Å². The molecule has 280 valence electrons. The monoisotopic (exact) mass is 1160 g/mol. The fourth-order valence-corrected chi connectivity index (χ4v) is 9.17. The lowest BCUT2D eigenvalue weighted by Crippen LogP contribution is -2.39. The number of aromatic nitrogens is 3. The zero-order valence-corrected chi connectivity index (χ0v) is 38.4. The highest BCUT2D eigenvalue weighted by atomic mass is 127. The first kappa shape index (κ1) is 42.6. The molecule has 0 aliphatic carbocycles. The van der Waals surface area contributed by atoms with E-state index in [2.05, 4.69) is 133 Å². The molecule has 0 amide bonds. The summed E-state index contributed by atoms with van der Waals surface area (Å²) in [6, 6.07) is 11.6. The van der Waals surface area contributed by atoms with Crippen LogP contribution >= 0.6 is 90.4 Å². The van der Waals surface area contributed by atoms with E-state index in [1.807, 2.05) is 54.9 Å². The maximum absolute atomic E-state index is 11.2. The number of benzene rings is 3. The number of carboxylic acid groups (broad SMARTS) is 1. The molecule has 0 atom stereocenters. The zero-order valence-electron chi connectivity index (χ0n) is 29.7. The quantitative estimate of drug-likeness (QED) is 0.0534. The van der Waals surface area contributed by atoms with Crippen molar-refractivity contribution in [3.8, 4) is 23.0 Å². The van der Waals surface area contributed by atoms with Crippen LogP contribution < -0.4 is 25.7 Å². The van der Waals surface area contributed by atoms with Crippen LogP contribution in [-0.4, -0.2) is 50.8 Å². The van der Waals surface area contributed by atoms with Crippen LogP contribution in [0.3, 0.4) is 0 Å². The predicted molar refractivity (Wildman–Crippen MR) is 234 cm³/mol. The molecule has 12 nitrogen and oxygen atoms in total. The maximum atomic E-state index is 11.2. The number of nitrogens with two attached hydrogens (primary N) is 2. The molecular formula is C36H42I4N6O6. The van der Waals surface area contributed by atoms with Crippen LogP contribution in [0.2, 0.25) is 0 Å². The number of carboxylic acids is 1. The van der Waals surface area contributed by atoms with Crippen molar-refractivity contribution in [2.75, 3.05) is 13.2 Å². The van der Waals surface area contributed by atoms with Crippen molar-refractivity contribution < 1.29 is 28.8 Å². The first-order chi connectivity index (χ1) is 24.3. The van der Waals surface area contributed by atoms with Crippen LogP contribution in [0.1, 0.15) is 62.1 Å². The summed E-state index contributed by atoms with van der Waals surface area (Å²) < 4.78 is 30.8. The lowest BCUT2D eigenvalue weighted by atomic mass is 10.0. The lowest BCUT2D eigenvalue weighted by Gasteiger charge is -2.33. The molecule has 0 aliphatic rings. The van der Waals surface area contributed by atoms with Crippen molar-refractivity contribution in [1.29, 1.82) is 0 Å². The number of hydrogen-bond donors (Lipinski definition) is 3. The van der Waals surface area contributed by atoms with Crippen molar-refractivity contribution in [2.45, 2.75) is 78.7 Å². The molecule has 1 aromatic heterocycles. The van der Waals surface area contributed by atoms with Crippen LogP contribution in [0, 0.1) is 28.1 Å². The van der Waals surface area contributed by atoms with E-state index in [0.29, 0.717) is 37.7 Å². The molecule has 0 unspecified atom stereocenters. The zero-order chi connectivity index (χ0) is 38.4. The number of hydrogen-bond acceptors (Lipinski definition) is 8. The average molecular weight is 1160 g/mol. The van der Waals surface area contributed by atoms with Crippen LogP contribution in [-0.2, 0) is 34.6 Å². The first-order valence-corrected chi connectivity index (χ1v) is 20.5. The van der Waals surface area contributed by atoms with E-state index in [-0.39, 0.29) is 19.0 Å². The molecule has 52 heavy (non-hydrogen) atoms.